The number of nitrogens with zero attached hydrogens (tertiary/aromatic N) is 2. The monoisotopic (exact) mass is 278 g/mol. The van der Waals surface area contributed by atoms with Crippen molar-refractivity contribution >= 4 is 11.8 Å². The first-order valence-corrected chi connectivity index (χ1v) is 7.68. The zero-order valence-corrected chi connectivity index (χ0v) is 13.1. The van der Waals surface area contributed by atoms with Gasteiger partial charge in [0.25, 0.3) is 0 Å². The first kappa shape index (κ1) is 15.1. The molecule has 0 spiro atoms. The molecular formula is C16H26N2O2. The van der Waals surface area contributed by atoms with Gasteiger partial charge in [-0.2, -0.15) is 0 Å². The highest BCUT2D eigenvalue weighted by Gasteiger charge is 2.43. The molecule has 0 N–H and O–H groups in total. The third kappa shape index (κ3) is 2.60. The van der Waals surface area contributed by atoms with Gasteiger partial charge in [-0.1, -0.05) is 19.8 Å². The highest BCUT2D eigenvalue weighted by atomic mass is 16.2. The van der Waals surface area contributed by atoms with Crippen LogP contribution in [-0.2, 0) is 4.79 Å². The van der Waals surface area contributed by atoms with Crippen molar-refractivity contribution in [3.05, 3.63) is 11.1 Å². The van der Waals surface area contributed by atoms with E-state index >= 15 is 0 Å². The maximum atomic E-state index is 12.4. The van der Waals surface area contributed by atoms with Crippen LogP contribution in [-0.4, -0.2) is 48.3 Å². The highest BCUT2D eigenvalue weighted by Crippen LogP contribution is 2.40. The van der Waals surface area contributed by atoms with E-state index in [-0.39, 0.29) is 17.9 Å². The van der Waals surface area contributed by atoms with Crippen molar-refractivity contribution in [1.29, 1.82) is 0 Å². The Morgan fingerprint density at radius 2 is 2.10 bits per heavy atom. The fourth-order valence-electron chi connectivity index (χ4n) is 3.54. The topological polar surface area (TPSA) is 40.6 Å². The van der Waals surface area contributed by atoms with E-state index in [9.17, 15) is 9.59 Å². The molecule has 0 aromatic carbocycles. The van der Waals surface area contributed by atoms with E-state index in [1.54, 1.807) is 19.0 Å². The van der Waals surface area contributed by atoms with Crippen LogP contribution in [0.3, 0.4) is 0 Å². The van der Waals surface area contributed by atoms with Gasteiger partial charge in [-0.3, -0.25) is 4.79 Å². The van der Waals surface area contributed by atoms with E-state index in [2.05, 4.69) is 6.92 Å². The second kappa shape index (κ2) is 5.98. The normalized spacial score (nSPS) is 26.0. The van der Waals surface area contributed by atoms with Crippen LogP contribution in [0.15, 0.2) is 11.1 Å². The quantitative estimate of drug-likeness (QED) is 0.796. The average molecular weight is 278 g/mol. The van der Waals surface area contributed by atoms with Crippen molar-refractivity contribution in [2.45, 2.75) is 52.0 Å². The van der Waals surface area contributed by atoms with Gasteiger partial charge >= 0.3 is 6.03 Å². The summed E-state index contributed by atoms with van der Waals surface area (Å²) in [6, 6.07) is 0.239. The number of hydrogen-bond acceptors (Lipinski definition) is 2. The van der Waals surface area contributed by atoms with Gasteiger partial charge in [0.05, 0.1) is 6.04 Å². The Labute approximate surface area is 121 Å². The lowest BCUT2D eigenvalue weighted by atomic mass is 9.77. The zero-order chi connectivity index (χ0) is 14.9. The summed E-state index contributed by atoms with van der Waals surface area (Å²) in [5, 5.41) is 0. The van der Waals surface area contributed by atoms with Crippen LogP contribution in [0.2, 0.25) is 0 Å². The van der Waals surface area contributed by atoms with Crippen molar-refractivity contribution in [3.63, 3.8) is 0 Å². The molecule has 1 aliphatic carbocycles. The number of likely N-dealkylation sites (tertiary alicyclic amines) is 1. The van der Waals surface area contributed by atoms with E-state index in [4.69, 9.17) is 0 Å². The van der Waals surface area contributed by atoms with Crippen LogP contribution in [0.4, 0.5) is 4.79 Å². The van der Waals surface area contributed by atoms with Crippen molar-refractivity contribution in [3.8, 4) is 0 Å². The standard InChI is InChI=1S/C16H26N2O2/c1-5-6-7-12-10-14(19)11(2)13-8-9-18(15(12)13)16(20)17(3)4/h12,15H,5-10H2,1-4H3/t12-,15+/m0/s1. The van der Waals surface area contributed by atoms with Gasteiger partial charge in [0.2, 0.25) is 0 Å². The molecule has 1 aliphatic heterocycles. The fourth-order valence-corrected chi connectivity index (χ4v) is 3.54. The third-order valence-electron chi connectivity index (χ3n) is 4.67. The second-order valence-corrected chi connectivity index (χ2v) is 6.25. The molecule has 0 bridgehead atoms. The molecule has 0 saturated carbocycles. The number of amides is 2. The molecule has 0 unspecified atom stereocenters. The molecule has 2 rings (SSSR count). The summed E-state index contributed by atoms with van der Waals surface area (Å²) in [6.45, 7) is 4.86. The smallest absolute Gasteiger partial charge is 0.320 e. The number of urea groups is 1. The van der Waals surface area contributed by atoms with Crippen molar-refractivity contribution in [1.82, 2.24) is 9.80 Å². The molecule has 1 heterocycles. The molecule has 20 heavy (non-hydrogen) atoms. The van der Waals surface area contributed by atoms with Crippen LogP contribution in [0.1, 0.15) is 46.0 Å². The average Bonchev–Trinajstić information content (AvgIpc) is 2.85. The number of fused-ring (bicyclic) bond motifs is 1. The van der Waals surface area contributed by atoms with Gasteiger partial charge in [-0.05, 0) is 36.8 Å². The molecule has 0 aromatic rings. The molecule has 4 heteroatoms. The fraction of sp³-hybridized carbons (Fsp3) is 0.750. The molecule has 2 amide bonds. The van der Waals surface area contributed by atoms with Crippen LogP contribution in [0.25, 0.3) is 0 Å². The Hall–Kier alpha value is -1.32. The summed E-state index contributed by atoms with van der Waals surface area (Å²) in [4.78, 5) is 28.1. The number of hydrogen-bond donors (Lipinski definition) is 0. The molecule has 1 saturated heterocycles. The van der Waals surface area contributed by atoms with Gasteiger partial charge in [0.1, 0.15) is 0 Å². The van der Waals surface area contributed by atoms with Gasteiger partial charge in [-0.25, -0.2) is 4.79 Å². The van der Waals surface area contributed by atoms with Gasteiger partial charge in [-0.15, -0.1) is 0 Å². The number of carbonyl (C=O) groups is 2. The van der Waals surface area contributed by atoms with Crippen molar-refractivity contribution in [2.75, 3.05) is 20.6 Å². The van der Waals surface area contributed by atoms with E-state index < -0.39 is 0 Å². The number of carbonyl (C=O) groups excluding carboxylic acids is 2. The summed E-state index contributed by atoms with van der Waals surface area (Å²) < 4.78 is 0. The van der Waals surface area contributed by atoms with Crippen molar-refractivity contribution < 1.29 is 9.59 Å². The maximum absolute atomic E-state index is 12.4. The van der Waals surface area contributed by atoms with Crippen molar-refractivity contribution in [2.24, 2.45) is 5.92 Å². The SMILES string of the molecule is CCCC[C@H]1CC(=O)C(C)=C2CCN(C(=O)N(C)C)[C@@H]21. The van der Waals surface area contributed by atoms with E-state index in [1.165, 1.54) is 5.57 Å². The van der Waals surface area contributed by atoms with E-state index in [0.717, 1.165) is 37.8 Å². The third-order valence-corrected chi connectivity index (χ3v) is 4.67. The van der Waals surface area contributed by atoms with E-state index in [0.29, 0.717) is 12.3 Å². The molecule has 0 aromatic heterocycles. The summed E-state index contributed by atoms with van der Waals surface area (Å²) in [7, 11) is 3.60. The minimum atomic E-state index is 0.0775. The number of rotatable bonds is 3. The largest absolute Gasteiger partial charge is 0.331 e. The predicted octanol–water partition coefficient (Wildman–Crippen LogP) is 2.84. The number of ketones is 1. The number of unbranched alkanes of at least 4 members (excludes halogenated alkanes) is 1. The second-order valence-electron chi connectivity index (χ2n) is 6.25. The first-order chi connectivity index (χ1) is 9.47. The Morgan fingerprint density at radius 3 is 2.70 bits per heavy atom. The Morgan fingerprint density at radius 1 is 1.40 bits per heavy atom. The summed E-state index contributed by atoms with van der Waals surface area (Å²) in [6.07, 6.45) is 4.78. The Balaban J connectivity index is 2.28. The van der Waals surface area contributed by atoms with Crippen LogP contribution >= 0.6 is 0 Å². The lowest BCUT2D eigenvalue weighted by Gasteiger charge is -2.36. The Bertz CT molecular complexity index is 440. The molecule has 2 aliphatic rings. The van der Waals surface area contributed by atoms with Gasteiger partial charge in [0.15, 0.2) is 5.78 Å². The number of allylic oxidation sites excluding steroid dienone is 1. The van der Waals surface area contributed by atoms with Crippen LogP contribution in [0.5, 0.6) is 0 Å². The summed E-state index contributed by atoms with van der Waals surface area (Å²) in [5.41, 5.74) is 2.13. The van der Waals surface area contributed by atoms with Gasteiger partial charge < -0.3 is 9.80 Å². The molecule has 1 fully saturated rings. The lowest BCUT2D eigenvalue weighted by Crippen LogP contribution is -2.47. The lowest BCUT2D eigenvalue weighted by molar-refractivity contribution is -0.117. The van der Waals surface area contributed by atoms with Crippen LogP contribution in [0, 0.1) is 5.92 Å². The summed E-state index contributed by atoms with van der Waals surface area (Å²) in [5.74, 6) is 0.601. The minimum Gasteiger partial charge on any atom is -0.331 e. The van der Waals surface area contributed by atoms with E-state index in [1.807, 2.05) is 11.8 Å². The molecular weight excluding hydrogens is 252 g/mol. The number of Topliss-reactive ketones (excluding diaryl/α,β-unsaturated/α-hetero) is 1. The minimum absolute atomic E-state index is 0.0775. The molecule has 0 radical (unpaired) electrons. The molecule has 4 nitrogen and oxygen atoms in total. The zero-order valence-electron chi connectivity index (χ0n) is 13.1. The van der Waals surface area contributed by atoms with Crippen LogP contribution < -0.4 is 0 Å². The predicted molar refractivity (Wildman–Crippen MR) is 79.5 cm³/mol. The van der Waals surface area contributed by atoms with Gasteiger partial charge in [0, 0.05) is 27.1 Å². The Kier molecular flexibility index (Phi) is 4.51. The maximum Gasteiger partial charge on any atom is 0.320 e. The first-order valence-electron chi connectivity index (χ1n) is 7.68. The molecule has 2 atom stereocenters. The molecule has 112 valence electrons. The highest BCUT2D eigenvalue weighted by molar-refractivity contribution is 5.97. The summed E-state index contributed by atoms with van der Waals surface area (Å²) >= 11 is 0.